The van der Waals surface area contributed by atoms with Crippen LogP contribution < -0.4 is 10.6 Å². The maximum Gasteiger partial charge on any atom is 0.321 e. The predicted octanol–water partition coefficient (Wildman–Crippen LogP) is 1.56. The summed E-state index contributed by atoms with van der Waals surface area (Å²) < 4.78 is 9.48. The molecule has 0 atom stereocenters. The van der Waals surface area contributed by atoms with Gasteiger partial charge in [-0.2, -0.15) is 0 Å². The molecule has 2 heterocycles. The molecule has 0 bridgehead atoms. The van der Waals surface area contributed by atoms with E-state index in [2.05, 4.69) is 25.3 Å². The second-order valence-electron chi connectivity index (χ2n) is 3.97. The number of amides is 2. The van der Waals surface area contributed by atoms with Gasteiger partial charge in [0.25, 0.3) is 0 Å². The summed E-state index contributed by atoms with van der Waals surface area (Å²) in [7, 11) is 0. The van der Waals surface area contributed by atoms with Crippen molar-refractivity contribution in [2.75, 3.05) is 11.9 Å². The molecule has 0 saturated heterocycles. The Morgan fingerprint density at radius 1 is 1.48 bits per heavy atom. The third-order valence-corrected chi connectivity index (χ3v) is 3.15. The van der Waals surface area contributed by atoms with Gasteiger partial charge in [-0.05, 0) is 6.92 Å². The Morgan fingerprint density at radius 2 is 2.33 bits per heavy atom. The van der Waals surface area contributed by atoms with Gasteiger partial charge in [0.05, 0.1) is 24.9 Å². The Labute approximate surface area is 124 Å². The van der Waals surface area contributed by atoms with Gasteiger partial charge in [-0.15, -0.1) is 11.3 Å². The number of aromatic nitrogens is 2. The summed E-state index contributed by atoms with van der Waals surface area (Å²) in [4.78, 5) is 27.1. The second kappa shape index (κ2) is 7.39. The molecule has 2 rings (SSSR count). The van der Waals surface area contributed by atoms with Crippen LogP contribution in [0, 0.1) is 0 Å². The minimum atomic E-state index is -0.395. The first-order valence-corrected chi connectivity index (χ1v) is 7.08. The van der Waals surface area contributed by atoms with E-state index in [1.807, 2.05) is 0 Å². The average Bonchev–Trinajstić information content (AvgIpc) is 3.08. The van der Waals surface area contributed by atoms with E-state index in [1.54, 1.807) is 12.3 Å². The van der Waals surface area contributed by atoms with Gasteiger partial charge in [-0.1, -0.05) is 5.16 Å². The Kier molecular flexibility index (Phi) is 5.27. The Bertz CT molecular complexity index is 596. The normalized spacial score (nSPS) is 10.1. The van der Waals surface area contributed by atoms with Crippen molar-refractivity contribution in [3.8, 4) is 0 Å². The van der Waals surface area contributed by atoms with E-state index in [9.17, 15) is 9.59 Å². The summed E-state index contributed by atoms with van der Waals surface area (Å²) in [6, 6.07) is -0.395. The first-order chi connectivity index (χ1) is 10.2. The number of urea groups is 1. The molecule has 2 amide bonds. The maximum atomic E-state index is 11.6. The van der Waals surface area contributed by atoms with Gasteiger partial charge in [0.2, 0.25) is 0 Å². The van der Waals surface area contributed by atoms with Crippen LogP contribution in [0.2, 0.25) is 0 Å². The Morgan fingerprint density at radius 3 is 3.05 bits per heavy atom. The van der Waals surface area contributed by atoms with E-state index in [4.69, 9.17) is 4.74 Å². The highest BCUT2D eigenvalue weighted by atomic mass is 32.1. The van der Waals surface area contributed by atoms with E-state index in [1.165, 1.54) is 23.8 Å². The van der Waals surface area contributed by atoms with Crippen molar-refractivity contribution in [2.45, 2.75) is 19.9 Å². The summed E-state index contributed by atoms with van der Waals surface area (Å²) >= 11 is 1.24. The lowest BCUT2D eigenvalue weighted by Crippen LogP contribution is -2.27. The lowest BCUT2D eigenvalue weighted by molar-refractivity contribution is -0.142. The van der Waals surface area contributed by atoms with Gasteiger partial charge in [-0.3, -0.25) is 10.1 Å². The number of carbonyl (C=O) groups excluding carboxylic acids is 2. The fourth-order valence-electron chi connectivity index (χ4n) is 1.44. The summed E-state index contributed by atoms with van der Waals surface area (Å²) in [6.45, 7) is 2.38. The smallest absolute Gasteiger partial charge is 0.321 e. The van der Waals surface area contributed by atoms with E-state index in [0.29, 0.717) is 24.0 Å². The minimum Gasteiger partial charge on any atom is -0.466 e. The van der Waals surface area contributed by atoms with Crippen LogP contribution in [0.25, 0.3) is 0 Å². The molecule has 0 aliphatic heterocycles. The molecule has 21 heavy (non-hydrogen) atoms. The monoisotopic (exact) mass is 310 g/mol. The highest BCUT2D eigenvalue weighted by Gasteiger charge is 2.10. The first-order valence-electron chi connectivity index (χ1n) is 6.20. The summed E-state index contributed by atoms with van der Waals surface area (Å²) in [5.41, 5.74) is 1.32. The largest absolute Gasteiger partial charge is 0.466 e. The summed E-state index contributed by atoms with van der Waals surface area (Å²) in [5, 5.41) is 10.9. The summed E-state index contributed by atoms with van der Waals surface area (Å²) in [6.07, 6.45) is 3.05. The van der Waals surface area contributed by atoms with Crippen molar-refractivity contribution in [1.82, 2.24) is 15.5 Å². The molecule has 2 aromatic rings. The quantitative estimate of drug-likeness (QED) is 0.784. The highest BCUT2D eigenvalue weighted by molar-refractivity contribution is 7.13. The molecule has 0 aliphatic rings. The van der Waals surface area contributed by atoms with Gasteiger partial charge in [0.1, 0.15) is 6.26 Å². The number of nitrogens with zero attached hydrogens (tertiary/aromatic N) is 2. The molecular formula is C12H14N4O4S. The Hall–Kier alpha value is -2.42. The van der Waals surface area contributed by atoms with Crippen molar-refractivity contribution in [2.24, 2.45) is 0 Å². The van der Waals surface area contributed by atoms with Crippen LogP contribution in [-0.2, 0) is 22.5 Å². The van der Waals surface area contributed by atoms with E-state index in [-0.39, 0.29) is 12.4 Å². The van der Waals surface area contributed by atoms with Gasteiger partial charge in [0.15, 0.2) is 5.13 Å². The van der Waals surface area contributed by atoms with Crippen LogP contribution >= 0.6 is 11.3 Å². The van der Waals surface area contributed by atoms with Crippen molar-refractivity contribution in [1.29, 1.82) is 0 Å². The number of ether oxygens (including phenoxy) is 1. The molecule has 2 N–H and O–H groups in total. The number of hydrogen-bond donors (Lipinski definition) is 2. The topological polar surface area (TPSA) is 106 Å². The molecule has 0 aromatic carbocycles. The predicted molar refractivity (Wildman–Crippen MR) is 74.8 cm³/mol. The highest BCUT2D eigenvalue weighted by Crippen LogP contribution is 2.16. The van der Waals surface area contributed by atoms with Gasteiger partial charge in [-0.25, -0.2) is 9.78 Å². The zero-order chi connectivity index (χ0) is 15.1. The number of hydrogen-bond acceptors (Lipinski definition) is 7. The van der Waals surface area contributed by atoms with Crippen LogP contribution in [0.5, 0.6) is 0 Å². The lowest BCUT2D eigenvalue weighted by Gasteiger charge is -2.03. The number of carbonyl (C=O) groups is 2. The molecule has 8 nitrogen and oxygen atoms in total. The number of esters is 1. The fourth-order valence-corrected chi connectivity index (χ4v) is 2.15. The molecule has 2 aromatic heterocycles. The van der Waals surface area contributed by atoms with Crippen molar-refractivity contribution < 1.29 is 18.8 Å². The Balaban J connectivity index is 1.78. The molecule has 9 heteroatoms. The standard InChI is InChI=1S/C12H14N4O4S/c1-2-19-10(17)3-9-7-21-12(15-9)16-11(18)13-4-8-5-14-20-6-8/h5-7H,2-4H2,1H3,(H2,13,15,16,18). The molecule has 112 valence electrons. The van der Waals surface area contributed by atoms with Gasteiger partial charge >= 0.3 is 12.0 Å². The molecule has 0 spiro atoms. The first kappa shape index (κ1) is 15.0. The summed E-state index contributed by atoms with van der Waals surface area (Å²) in [5.74, 6) is -0.341. The van der Waals surface area contributed by atoms with Crippen LogP contribution in [0.3, 0.4) is 0 Å². The van der Waals surface area contributed by atoms with Gasteiger partial charge < -0.3 is 14.6 Å². The third kappa shape index (κ3) is 4.88. The zero-order valence-corrected chi connectivity index (χ0v) is 12.1. The maximum absolute atomic E-state index is 11.6. The number of nitrogens with one attached hydrogen (secondary N) is 2. The minimum absolute atomic E-state index is 0.0916. The van der Waals surface area contributed by atoms with Crippen LogP contribution in [0.15, 0.2) is 22.4 Å². The van der Waals surface area contributed by atoms with Gasteiger partial charge in [0, 0.05) is 17.5 Å². The molecule has 0 aliphatic carbocycles. The van der Waals surface area contributed by atoms with E-state index < -0.39 is 6.03 Å². The molecule has 0 unspecified atom stereocenters. The zero-order valence-electron chi connectivity index (χ0n) is 11.3. The van der Waals surface area contributed by atoms with Crippen molar-refractivity contribution >= 4 is 28.5 Å². The van der Waals surface area contributed by atoms with Crippen molar-refractivity contribution in [3.63, 3.8) is 0 Å². The average molecular weight is 310 g/mol. The number of thiazole rings is 1. The van der Waals surface area contributed by atoms with E-state index in [0.717, 1.165) is 5.56 Å². The number of anilines is 1. The molecule has 0 saturated carbocycles. The van der Waals surface area contributed by atoms with E-state index >= 15 is 0 Å². The molecule has 0 fully saturated rings. The second-order valence-corrected chi connectivity index (χ2v) is 4.82. The third-order valence-electron chi connectivity index (χ3n) is 2.34. The molecular weight excluding hydrogens is 296 g/mol. The van der Waals surface area contributed by atoms with Crippen LogP contribution in [0.4, 0.5) is 9.93 Å². The molecule has 0 radical (unpaired) electrons. The number of rotatable bonds is 6. The fraction of sp³-hybridized carbons (Fsp3) is 0.333. The van der Waals surface area contributed by atoms with Crippen LogP contribution in [0.1, 0.15) is 18.2 Å². The lowest BCUT2D eigenvalue weighted by atomic mass is 10.3. The SMILES string of the molecule is CCOC(=O)Cc1csc(NC(=O)NCc2cnoc2)n1. The van der Waals surface area contributed by atoms with Crippen LogP contribution in [-0.4, -0.2) is 28.7 Å². The van der Waals surface area contributed by atoms with Crippen molar-refractivity contribution in [3.05, 3.63) is 29.1 Å².